The summed E-state index contributed by atoms with van der Waals surface area (Å²) in [5.41, 5.74) is 4.02. The normalized spacial score (nSPS) is 12.0. The fourth-order valence-corrected chi connectivity index (χ4v) is 3.95. The number of hydrogen-bond acceptors (Lipinski definition) is 5. The van der Waals surface area contributed by atoms with Crippen molar-refractivity contribution >= 4 is 17.5 Å². The van der Waals surface area contributed by atoms with Crippen molar-refractivity contribution < 1.29 is 9.53 Å². The zero-order valence-electron chi connectivity index (χ0n) is 16.9. The Bertz CT molecular complexity index is 980. The number of aryl methyl sites for hydroxylation is 2. The van der Waals surface area contributed by atoms with Crippen LogP contribution in [0.15, 0.2) is 47.6 Å². The summed E-state index contributed by atoms with van der Waals surface area (Å²) in [7, 11) is 1.65. The molecule has 0 amide bonds. The average Bonchev–Trinajstić information content (AvgIpc) is 3.11. The first-order valence-electron chi connectivity index (χ1n) is 9.30. The summed E-state index contributed by atoms with van der Waals surface area (Å²) >= 11 is 1.45. The largest absolute Gasteiger partial charge is 0.497 e. The van der Waals surface area contributed by atoms with Crippen molar-refractivity contribution in [3.63, 3.8) is 0 Å². The van der Waals surface area contributed by atoms with E-state index in [-0.39, 0.29) is 11.0 Å². The van der Waals surface area contributed by atoms with Gasteiger partial charge in [-0.2, -0.15) is 0 Å². The minimum Gasteiger partial charge on any atom is -0.497 e. The van der Waals surface area contributed by atoms with Crippen LogP contribution in [0.3, 0.4) is 0 Å². The van der Waals surface area contributed by atoms with Gasteiger partial charge in [0.1, 0.15) is 5.75 Å². The second kappa shape index (κ2) is 8.61. The molecule has 0 aliphatic rings. The second-order valence-corrected chi connectivity index (χ2v) is 8.01. The fraction of sp³-hybridized carbons (Fsp3) is 0.318. The number of aromatic nitrogens is 3. The summed E-state index contributed by atoms with van der Waals surface area (Å²) in [6.07, 6.45) is 0. The van der Waals surface area contributed by atoms with Gasteiger partial charge in [-0.3, -0.25) is 4.79 Å². The minimum atomic E-state index is -0.250. The van der Waals surface area contributed by atoms with Gasteiger partial charge in [0.15, 0.2) is 16.8 Å². The van der Waals surface area contributed by atoms with E-state index >= 15 is 0 Å². The van der Waals surface area contributed by atoms with Gasteiger partial charge in [0, 0.05) is 17.7 Å². The first-order valence-corrected chi connectivity index (χ1v) is 10.2. The van der Waals surface area contributed by atoms with Crippen molar-refractivity contribution in [1.29, 1.82) is 0 Å². The Morgan fingerprint density at radius 1 is 1.11 bits per heavy atom. The number of carbonyl (C=O) groups excluding carboxylic acids is 1. The molecule has 0 fully saturated rings. The SMILES string of the molecule is CCn1c(SC(C)C(=O)c2ccc(C)c(C)c2)nnc1-c1ccc(OC)cc1. The molecule has 0 N–H and O–H groups in total. The van der Waals surface area contributed by atoms with Crippen LogP contribution in [0, 0.1) is 13.8 Å². The van der Waals surface area contributed by atoms with Crippen LogP contribution < -0.4 is 4.74 Å². The Morgan fingerprint density at radius 2 is 1.82 bits per heavy atom. The highest BCUT2D eigenvalue weighted by molar-refractivity contribution is 8.00. The quantitative estimate of drug-likeness (QED) is 0.418. The van der Waals surface area contributed by atoms with Crippen molar-refractivity contribution in [3.8, 4) is 17.1 Å². The number of thioether (sulfide) groups is 1. The van der Waals surface area contributed by atoms with Crippen LogP contribution in [0.5, 0.6) is 5.75 Å². The van der Waals surface area contributed by atoms with Crippen LogP contribution in [-0.4, -0.2) is 32.9 Å². The van der Waals surface area contributed by atoms with Gasteiger partial charge in [-0.05, 0) is 69.2 Å². The van der Waals surface area contributed by atoms with E-state index in [4.69, 9.17) is 4.74 Å². The highest BCUT2D eigenvalue weighted by Crippen LogP contribution is 2.29. The van der Waals surface area contributed by atoms with Crippen molar-refractivity contribution in [2.24, 2.45) is 0 Å². The van der Waals surface area contributed by atoms with Crippen LogP contribution in [0.1, 0.15) is 35.3 Å². The van der Waals surface area contributed by atoms with Crippen LogP contribution in [0.4, 0.5) is 0 Å². The summed E-state index contributed by atoms with van der Waals surface area (Å²) in [6.45, 7) is 8.77. The molecule has 1 heterocycles. The van der Waals surface area contributed by atoms with Gasteiger partial charge in [-0.1, -0.05) is 23.9 Å². The first-order chi connectivity index (χ1) is 13.4. The number of methoxy groups -OCH3 is 1. The van der Waals surface area contributed by atoms with Crippen molar-refractivity contribution in [3.05, 3.63) is 59.2 Å². The first kappa shape index (κ1) is 20.1. The van der Waals surface area contributed by atoms with E-state index < -0.39 is 0 Å². The number of benzene rings is 2. The predicted octanol–water partition coefficient (Wildman–Crippen LogP) is 4.95. The highest BCUT2D eigenvalue weighted by Gasteiger charge is 2.21. The van der Waals surface area contributed by atoms with E-state index in [0.717, 1.165) is 40.0 Å². The lowest BCUT2D eigenvalue weighted by molar-refractivity contribution is 0.0993. The molecule has 0 radical (unpaired) electrons. The number of rotatable bonds is 7. The van der Waals surface area contributed by atoms with E-state index in [9.17, 15) is 4.79 Å². The van der Waals surface area contributed by atoms with Gasteiger partial charge >= 0.3 is 0 Å². The van der Waals surface area contributed by atoms with Gasteiger partial charge < -0.3 is 9.30 Å². The topological polar surface area (TPSA) is 57.0 Å². The smallest absolute Gasteiger partial charge is 0.192 e. The molecule has 0 aliphatic carbocycles. The van der Waals surface area contributed by atoms with Gasteiger partial charge in [0.25, 0.3) is 0 Å². The molecule has 0 saturated heterocycles. The molecule has 1 aromatic heterocycles. The molecule has 146 valence electrons. The summed E-state index contributed by atoms with van der Waals surface area (Å²) in [4.78, 5) is 12.9. The van der Waals surface area contributed by atoms with E-state index in [1.807, 2.05) is 67.8 Å². The highest BCUT2D eigenvalue weighted by atomic mass is 32.2. The maximum atomic E-state index is 12.9. The standard InChI is InChI=1S/C22H25N3O2S/c1-6-25-21(17-9-11-19(27-5)12-10-17)23-24-22(25)28-16(4)20(26)18-8-7-14(2)15(3)13-18/h7-13,16H,6H2,1-5H3. The summed E-state index contributed by atoms with van der Waals surface area (Å²) in [6, 6.07) is 13.6. The monoisotopic (exact) mass is 395 g/mol. The molecule has 1 unspecified atom stereocenters. The van der Waals surface area contributed by atoms with Crippen molar-refractivity contribution in [2.45, 2.75) is 44.6 Å². The molecular weight excluding hydrogens is 370 g/mol. The number of hydrogen-bond donors (Lipinski definition) is 0. The third kappa shape index (κ3) is 4.12. The Morgan fingerprint density at radius 3 is 2.43 bits per heavy atom. The van der Waals surface area contributed by atoms with Crippen molar-refractivity contribution in [1.82, 2.24) is 14.8 Å². The van der Waals surface area contributed by atoms with Crippen LogP contribution in [-0.2, 0) is 6.54 Å². The number of ether oxygens (including phenoxy) is 1. The molecule has 0 bridgehead atoms. The predicted molar refractivity (Wildman–Crippen MR) is 113 cm³/mol. The molecule has 1 atom stereocenters. The number of carbonyl (C=O) groups is 1. The average molecular weight is 396 g/mol. The van der Waals surface area contributed by atoms with Crippen LogP contribution in [0.2, 0.25) is 0 Å². The van der Waals surface area contributed by atoms with E-state index in [1.54, 1.807) is 7.11 Å². The lowest BCUT2D eigenvalue weighted by Gasteiger charge is -2.12. The molecule has 0 aliphatic heterocycles. The molecule has 2 aromatic carbocycles. The molecule has 3 aromatic rings. The third-order valence-corrected chi connectivity index (χ3v) is 5.90. The van der Waals surface area contributed by atoms with E-state index in [0.29, 0.717) is 0 Å². The molecule has 6 heteroatoms. The lowest BCUT2D eigenvalue weighted by atomic mass is 10.0. The zero-order valence-corrected chi connectivity index (χ0v) is 17.7. The molecular formula is C22H25N3O2S. The van der Waals surface area contributed by atoms with Crippen LogP contribution in [0.25, 0.3) is 11.4 Å². The fourth-order valence-electron chi connectivity index (χ4n) is 2.96. The Labute approximate surface area is 170 Å². The maximum Gasteiger partial charge on any atom is 0.192 e. The Balaban J connectivity index is 1.82. The van der Waals surface area contributed by atoms with Gasteiger partial charge in [0.2, 0.25) is 0 Å². The van der Waals surface area contributed by atoms with Gasteiger partial charge in [0.05, 0.1) is 12.4 Å². The van der Waals surface area contributed by atoms with Crippen molar-refractivity contribution in [2.75, 3.05) is 7.11 Å². The molecule has 28 heavy (non-hydrogen) atoms. The molecule has 5 nitrogen and oxygen atoms in total. The maximum absolute atomic E-state index is 12.9. The summed E-state index contributed by atoms with van der Waals surface area (Å²) in [5, 5.41) is 9.21. The minimum absolute atomic E-state index is 0.102. The summed E-state index contributed by atoms with van der Waals surface area (Å²) in [5.74, 6) is 1.69. The van der Waals surface area contributed by atoms with E-state index in [2.05, 4.69) is 17.1 Å². The molecule has 0 spiro atoms. The van der Waals surface area contributed by atoms with Gasteiger partial charge in [-0.15, -0.1) is 10.2 Å². The molecule has 3 rings (SSSR count). The molecule has 0 saturated carbocycles. The van der Waals surface area contributed by atoms with Crippen LogP contribution >= 0.6 is 11.8 Å². The third-order valence-electron chi connectivity index (χ3n) is 4.82. The number of Topliss-reactive ketones (excluding diaryl/α,β-unsaturated/α-hetero) is 1. The van der Waals surface area contributed by atoms with E-state index in [1.165, 1.54) is 17.3 Å². The summed E-state index contributed by atoms with van der Waals surface area (Å²) < 4.78 is 7.26. The lowest BCUT2D eigenvalue weighted by Crippen LogP contribution is -2.15. The Kier molecular flexibility index (Phi) is 6.19. The number of nitrogens with zero attached hydrogens (tertiary/aromatic N) is 3. The second-order valence-electron chi connectivity index (χ2n) is 6.70. The number of ketones is 1. The van der Waals surface area contributed by atoms with Gasteiger partial charge in [-0.25, -0.2) is 0 Å². The zero-order chi connectivity index (χ0) is 20.3. The Hall–Kier alpha value is -2.60.